The van der Waals surface area contributed by atoms with E-state index in [1.54, 1.807) is 31.4 Å². The maximum Gasteiger partial charge on any atom is 0.282 e. The van der Waals surface area contributed by atoms with Gasteiger partial charge in [-0.1, -0.05) is 30.3 Å². The molecule has 6 heteroatoms. The van der Waals surface area contributed by atoms with E-state index in [2.05, 4.69) is 0 Å². The SMILES string of the molecule is COc1ccc(C2=C(N3CCOCC3)C(=O)N(c3ccccc3)C2=O)cc1. The molecule has 0 unspecified atom stereocenters. The summed E-state index contributed by atoms with van der Waals surface area (Å²) in [4.78, 5) is 29.7. The highest BCUT2D eigenvalue weighted by Crippen LogP contribution is 2.35. The molecule has 0 radical (unpaired) electrons. The van der Waals surface area contributed by atoms with Crippen molar-refractivity contribution < 1.29 is 19.1 Å². The third kappa shape index (κ3) is 3.08. The molecule has 0 aromatic heterocycles. The van der Waals surface area contributed by atoms with Gasteiger partial charge in [-0.05, 0) is 29.8 Å². The fourth-order valence-electron chi connectivity index (χ4n) is 3.43. The van der Waals surface area contributed by atoms with Crippen molar-refractivity contribution in [2.75, 3.05) is 38.3 Å². The highest BCUT2D eigenvalue weighted by Gasteiger charge is 2.42. The van der Waals surface area contributed by atoms with Gasteiger partial charge in [0, 0.05) is 13.1 Å². The smallest absolute Gasteiger partial charge is 0.282 e. The number of ether oxygens (including phenoxy) is 2. The fraction of sp³-hybridized carbons (Fsp3) is 0.238. The molecule has 1 saturated heterocycles. The molecule has 0 N–H and O–H groups in total. The Morgan fingerprint density at radius 3 is 2.19 bits per heavy atom. The van der Waals surface area contributed by atoms with Crippen molar-refractivity contribution >= 4 is 23.1 Å². The first kappa shape index (κ1) is 17.3. The summed E-state index contributed by atoms with van der Waals surface area (Å²) in [6.07, 6.45) is 0. The predicted octanol–water partition coefficient (Wildman–Crippen LogP) is 2.31. The van der Waals surface area contributed by atoms with Gasteiger partial charge >= 0.3 is 0 Å². The molecule has 138 valence electrons. The van der Waals surface area contributed by atoms with Gasteiger partial charge in [0.05, 0.1) is 31.6 Å². The molecule has 0 spiro atoms. The number of benzene rings is 2. The molecular formula is C21H20N2O4. The Kier molecular flexibility index (Phi) is 4.64. The van der Waals surface area contributed by atoms with E-state index in [4.69, 9.17) is 9.47 Å². The second-order valence-electron chi connectivity index (χ2n) is 6.33. The van der Waals surface area contributed by atoms with Gasteiger partial charge in [-0.25, -0.2) is 4.90 Å². The number of hydrogen-bond acceptors (Lipinski definition) is 5. The number of para-hydroxylation sites is 1. The average Bonchev–Trinajstić information content (AvgIpc) is 2.99. The van der Waals surface area contributed by atoms with E-state index in [1.165, 1.54) is 4.90 Å². The van der Waals surface area contributed by atoms with Crippen molar-refractivity contribution in [2.24, 2.45) is 0 Å². The van der Waals surface area contributed by atoms with Crippen LogP contribution in [-0.4, -0.2) is 50.1 Å². The van der Waals surface area contributed by atoms with Crippen molar-refractivity contribution in [1.82, 2.24) is 4.90 Å². The summed E-state index contributed by atoms with van der Waals surface area (Å²) in [5.41, 5.74) is 2.14. The van der Waals surface area contributed by atoms with Gasteiger partial charge < -0.3 is 14.4 Å². The number of nitrogens with zero attached hydrogens (tertiary/aromatic N) is 2. The van der Waals surface area contributed by atoms with Crippen molar-refractivity contribution in [3.05, 3.63) is 65.9 Å². The third-order valence-electron chi connectivity index (χ3n) is 4.78. The van der Waals surface area contributed by atoms with Crippen molar-refractivity contribution in [1.29, 1.82) is 0 Å². The summed E-state index contributed by atoms with van der Waals surface area (Å²) in [5, 5.41) is 0. The number of amides is 2. The number of carbonyl (C=O) groups excluding carboxylic acids is 2. The van der Waals surface area contributed by atoms with Crippen molar-refractivity contribution in [2.45, 2.75) is 0 Å². The molecule has 2 aliphatic heterocycles. The summed E-state index contributed by atoms with van der Waals surface area (Å²) in [6, 6.07) is 16.2. The van der Waals surface area contributed by atoms with E-state index in [0.29, 0.717) is 54.6 Å². The minimum absolute atomic E-state index is 0.293. The van der Waals surface area contributed by atoms with Crippen molar-refractivity contribution in [3.63, 3.8) is 0 Å². The molecule has 0 aliphatic carbocycles. The summed E-state index contributed by atoms with van der Waals surface area (Å²) in [5.74, 6) is 0.0979. The number of anilines is 1. The minimum atomic E-state index is -0.308. The Morgan fingerprint density at radius 1 is 0.889 bits per heavy atom. The summed E-state index contributed by atoms with van der Waals surface area (Å²) >= 11 is 0. The lowest BCUT2D eigenvalue weighted by Crippen LogP contribution is -2.40. The third-order valence-corrected chi connectivity index (χ3v) is 4.78. The van der Waals surface area contributed by atoms with E-state index < -0.39 is 0 Å². The zero-order valence-electron chi connectivity index (χ0n) is 15.1. The normalized spacial score (nSPS) is 17.7. The Morgan fingerprint density at radius 2 is 1.56 bits per heavy atom. The van der Waals surface area contributed by atoms with Crippen LogP contribution in [0.4, 0.5) is 5.69 Å². The van der Waals surface area contributed by atoms with Gasteiger partial charge in [0.2, 0.25) is 0 Å². The standard InChI is InChI=1S/C21H20N2O4/c1-26-17-9-7-15(8-10-17)18-19(22-11-13-27-14-12-22)21(25)23(20(18)24)16-5-3-2-4-6-16/h2-10H,11-14H2,1H3. The van der Waals surface area contributed by atoms with Crippen LogP contribution in [-0.2, 0) is 14.3 Å². The van der Waals surface area contributed by atoms with E-state index >= 15 is 0 Å². The Labute approximate surface area is 157 Å². The molecule has 2 aromatic rings. The molecule has 1 fully saturated rings. The Balaban J connectivity index is 1.81. The van der Waals surface area contributed by atoms with Gasteiger partial charge in [-0.15, -0.1) is 0 Å². The van der Waals surface area contributed by atoms with Crippen LogP contribution >= 0.6 is 0 Å². The zero-order valence-corrected chi connectivity index (χ0v) is 15.1. The quantitative estimate of drug-likeness (QED) is 0.780. The Hall–Kier alpha value is -3.12. The van der Waals surface area contributed by atoms with Gasteiger partial charge in [-0.2, -0.15) is 0 Å². The van der Waals surface area contributed by atoms with E-state index in [9.17, 15) is 9.59 Å². The molecule has 2 aliphatic rings. The van der Waals surface area contributed by atoms with Crippen LogP contribution in [0.1, 0.15) is 5.56 Å². The lowest BCUT2D eigenvalue weighted by Gasteiger charge is -2.29. The largest absolute Gasteiger partial charge is 0.497 e. The summed E-state index contributed by atoms with van der Waals surface area (Å²) < 4.78 is 10.6. The molecular weight excluding hydrogens is 344 g/mol. The van der Waals surface area contributed by atoms with E-state index in [0.717, 1.165) is 0 Å². The number of morpholine rings is 1. The minimum Gasteiger partial charge on any atom is -0.497 e. The first-order valence-corrected chi connectivity index (χ1v) is 8.86. The fourth-order valence-corrected chi connectivity index (χ4v) is 3.43. The van der Waals surface area contributed by atoms with Crippen LogP contribution < -0.4 is 9.64 Å². The topological polar surface area (TPSA) is 59.1 Å². The number of carbonyl (C=O) groups is 2. The van der Waals surface area contributed by atoms with Crippen LogP contribution in [0.3, 0.4) is 0 Å². The molecule has 0 atom stereocenters. The zero-order chi connectivity index (χ0) is 18.8. The van der Waals surface area contributed by atoms with Crippen molar-refractivity contribution in [3.8, 4) is 5.75 Å². The highest BCUT2D eigenvalue weighted by atomic mass is 16.5. The highest BCUT2D eigenvalue weighted by molar-refractivity contribution is 6.45. The van der Waals surface area contributed by atoms with E-state index in [1.807, 2.05) is 35.2 Å². The maximum absolute atomic E-state index is 13.3. The van der Waals surface area contributed by atoms with E-state index in [-0.39, 0.29) is 11.8 Å². The number of methoxy groups -OCH3 is 1. The molecule has 4 rings (SSSR count). The van der Waals surface area contributed by atoms with Gasteiger partial charge in [0.15, 0.2) is 0 Å². The first-order valence-electron chi connectivity index (χ1n) is 8.86. The predicted molar refractivity (Wildman–Crippen MR) is 101 cm³/mol. The van der Waals surface area contributed by atoms with Gasteiger partial charge in [-0.3, -0.25) is 9.59 Å². The van der Waals surface area contributed by atoms with Gasteiger partial charge in [0.1, 0.15) is 11.4 Å². The molecule has 2 aromatic carbocycles. The average molecular weight is 364 g/mol. The molecule has 6 nitrogen and oxygen atoms in total. The summed E-state index contributed by atoms with van der Waals surface area (Å²) in [7, 11) is 1.59. The first-order chi connectivity index (χ1) is 13.2. The van der Waals surface area contributed by atoms with Crippen LogP contribution in [0.5, 0.6) is 5.75 Å². The molecule has 27 heavy (non-hydrogen) atoms. The molecule has 0 bridgehead atoms. The monoisotopic (exact) mass is 364 g/mol. The van der Waals surface area contributed by atoms with Gasteiger partial charge in [0.25, 0.3) is 11.8 Å². The summed E-state index contributed by atoms with van der Waals surface area (Å²) in [6.45, 7) is 2.23. The van der Waals surface area contributed by atoms with Crippen LogP contribution in [0.25, 0.3) is 5.57 Å². The lowest BCUT2D eigenvalue weighted by molar-refractivity contribution is -0.121. The Bertz CT molecular complexity index is 884. The van der Waals surface area contributed by atoms with Crippen LogP contribution in [0.2, 0.25) is 0 Å². The van der Waals surface area contributed by atoms with Crippen LogP contribution in [0.15, 0.2) is 60.3 Å². The maximum atomic E-state index is 13.3. The second kappa shape index (κ2) is 7.25. The molecule has 0 saturated carbocycles. The number of rotatable bonds is 4. The molecule has 2 amide bonds. The number of imide groups is 1. The lowest BCUT2D eigenvalue weighted by atomic mass is 10.0. The van der Waals surface area contributed by atoms with Crippen LogP contribution in [0, 0.1) is 0 Å². The second-order valence-corrected chi connectivity index (χ2v) is 6.33. The molecule has 2 heterocycles. The number of hydrogen-bond donors (Lipinski definition) is 0.